The van der Waals surface area contributed by atoms with Crippen molar-refractivity contribution in [2.24, 2.45) is 5.10 Å². The molecule has 0 aromatic heterocycles. The number of carbonyl (C=O) groups excluding carboxylic acids is 1. The summed E-state index contributed by atoms with van der Waals surface area (Å²) in [6.07, 6.45) is 1.63. The molecule has 4 nitrogen and oxygen atoms in total. The number of fused-ring (bicyclic) bond motifs is 1. The molecule has 108 valence electrons. The van der Waals surface area contributed by atoms with E-state index in [1.54, 1.807) is 12.3 Å². The lowest BCUT2D eigenvalue weighted by atomic mass is 9.99. The van der Waals surface area contributed by atoms with E-state index >= 15 is 0 Å². The standard InChI is InChI=1S/C18H15N3O/c1-12-7-8-14(9-13(12)2)18(22)21-17(10-19)16-6-4-3-5-15(16)11-20-21/h3-9,11,17H,1-2H3. The zero-order valence-electron chi connectivity index (χ0n) is 12.4. The van der Waals surface area contributed by atoms with Gasteiger partial charge in [-0.15, -0.1) is 0 Å². The lowest BCUT2D eigenvalue weighted by Gasteiger charge is -2.27. The predicted molar refractivity (Wildman–Crippen MR) is 84.5 cm³/mol. The molecule has 0 spiro atoms. The number of hydrogen-bond donors (Lipinski definition) is 0. The molecule has 2 aromatic carbocycles. The van der Waals surface area contributed by atoms with Crippen LogP contribution >= 0.6 is 0 Å². The van der Waals surface area contributed by atoms with Crippen LogP contribution in [0.25, 0.3) is 0 Å². The smallest absolute Gasteiger partial charge is 0.267 e. The lowest BCUT2D eigenvalue weighted by molar-refractivity contribution is 0.0720. The third-order valence-electron chi connectivity index (χ3n) is 3.94. The molecule has 3 rings (SSSR count). The van der Waals surface area contributed by atoms with Crippen LogP contribution in [0.1, 0.15) is 38.7 Å². The predicted octanol–water partition coefficient (Wildman–Crippen LogP) is 3.36. The van der Waals surface area contributed by atoms with Crippen molar-refractivity contribution in [1.29, 1.82) is 5.26 Å². The average molecular weight is 289 g/mol. The maximum atomic E-state index is 12.7. The summed E-state index contributed by atoms with van der Waals surface area (Å²) >= 11 is 0. The van der Waals surface area contributed by atoms with Crippen molar-refractivity contribution in [3.8, 4) is 6.07 Å². The van der Waals surface area contributed by atoms with Gasteiger partial charge in [0, 0.05) is 11.1 Å². The Labute approximate surface area is 129 Å². The van der Waals surface area contributed by atoms with Crippen LogP contribution in [0.5, 0.6) is 0 Å². The molecule has 0 saturated carbocycles. The van der Waals surface area contributed by atoms with Crippen molar-refractivity contribution in [3.05, 3.63) is 70.3 Å². The molecule has 0 saturated heterocycles. The lowest BCUT2D eigenvalue weighted by Crippen LogP contribution is -2.33. The van der Waals surface area contributed by atoms with Gasteiger partial charge in [-0.25, -0.2) is 5.01 Å². The monoisotopic (exact) mass is 289 g/mol. The van der Waals surface area contributed by atoms with Gasteiger partial charge in [0.05, 0.1) is 12.3 Å². The van der Waals surface area contributed by atoms with Crippen LogP contribution in [0.3, 0.4) is 0 Å². The van der Waals surface area contributed by atoms with E-state index in [0.29, 0.717) is 5.56 Å². The minimum atomic E-state index is -0.699. The Morgan fingerprint density at radius 2 is 1.95 bits per heavy atom. The largest absolute Gasteiger partial charge is 0.275 e. The molecule has 1 atom stereocenters. The summed E-state index contributed by atoms with van der Waals surface area (Å²) in [6.45, 7) is 3.96. The van der Waals surface area contributed by atoms with E-state index in [2.05, 4.69) is 11.2 Å². The number of rotatable bonds is 1. The van der Waals surface area contributed by atoms with E-state index in [1.165, 1.54) is 5.01 Å². The molecule has 1 amide bonds. The number of aryl methyl sites for hydroxylation is 2. The Bertz CT molecular complexity index is 817. The van der Waals surface area contributed by atoms with Gasteiger partial charge in [0.1, 0.15) is 0 Å². The van der Waals surface area contributed by atoms with E-state index in [0.717, 1.165) is 22.3 Å². The summed E-state index contributed by atoms with van der Waals surface area (Å²) in [4.78, 5) is 12.7. The number of hydrazone groups is 1. The Morgan fingerprint density at radius 3 is 2.68 bits per heavy atom. The molecule has 0 fully saturated rings. The van der Waals surface area contributed by atoms with E-state index in [4.69, 9.17) is 0 Å². The zero-order valence-corrected chi connectivity index (χ0v) is 12.4. The molecule has 0 radical (unpaired) electrons. The highest BCUT2D eigenvalue weighted by Gasteiger charge is 2.30. The molecule has 1 aliphatic rings. The summed E-state index contributed by atoms with van der Waals surface area (Å²) in [5.74, 6) is -0.264. The second-order valence-electron chi connectivity index (χ2n) is 5.35. The minimum Gasteiger partial charge on any atom is -0.267 e. The van der Waals surface area contributed by atoms with Gasteiger partial charge >= 0.3 is 0 Å². The summed E-state index contributed by atoms with van der Waals surface area (Å²) in [5, 5.41) is 14.9. The molecule has 4 heteroatoms. The third-order valence-corrected chi connectivity index (χ3v) is 3.94. The topological polar surface area (TPSA) is 56.5 Å². The number of nitriles is 1. The molecule has 0 aliphatic carbocycles. The first kappa shape index (κ1) is 14.0. The summed E-state index contributed by atoms with van der Waals surface area (Å²) in [6, 6.07) is 14.5. The van der Waals surface area contributed by atoms with Crippen molar-refractivity contribution in [2.75, 3.05) is 0 Å². The highest BCUT2D eigenvalue weighted by molar-refractivity contribution is 5.97. The molecule has 1 heterocycles. The van der Waals surface area contributed by atoms with Crippen molar-refractivity contribution in [1.82, 2.24) is 5.01 Å². The highest BCUT2D eigenvalue weighted by Crippen LogP contribution is 2.28. The average Bonchev–Trinajstić information content (AvgIpc) is 2.55. The van der Waals surface area contributed by atoms with Crippen molar-refractivity contribution in [3.63, 3.8) is 0 Å². The Balaban J connectivity index is 2.00. The fourth-order valence-corrected chi connectivity index (χ4v) is 2.50. The van der Waals surface area contributed by atoms with Crippen LogP contribution in [0.2, 0.25) is 0 Å². The molecular weight excluding hydrogens is 274 g/mol. The van der Waals surface area contributed by atoms with Gasteiger partial charge in [-0.1, -0.05) is 30.3 Å². The van der Waals surface area contributed by atoms with Gasteiger partial charge in [-0.05, 0) is 42.7 Å². The Morgan fingerprint density at radius 1 is 1.18 bits per heavy atom. The van der Waals surface area contributed by atoms with Crippen LogP contribution in [0.4, 0.5) is 0 Å². The van der Waals surface area contributed by atoms with Gasteiger partial charge < -0.3 is 0 Å². The summed E-state index contributed by atoms with van der Waals surface area (Å²) < 4.78 is 0. The third kappa shape index (κ3) is 2.27. The van der Waals surface area contributed by atoms with E-state index in [1.807, 2.05) is 50.2 Å². The molecule has 22 heavy (non-hydrogen) atoms. The van der Waals surface area contributed by atoms with E-state index in [9.17, 15) is 10.1 Å². The van der Waals surface area contributed by atoms with Crippen LogP contribution in [0.15, 0.2) is 47.6 Å². The van der Waals surface area contributed by atoms with Crippen molar-refractivity contribution in [2.45, 2.75) is 19.9 Å². The second-order valence-corrected chi connectivity index (χ2v) is 5.35. The van der Waals surface area contributed by atoms with Crippen LogP contribution in [-0.4, -0.2) is 17.1 Å². The molecule has 1 aliphatic heterocycles. The van der Waals surface area contributed by atoms with Gasteiger partial charge in [0.2, 0.25) is 0 Å². The number of carbonyl (C=O) groups is 1. The van der Waals surface area contributed by atoms with Crippen LogP contribution < -0.4 is 0 Å². The number of benzene rings is 2. The van der Waals surface area contributed by atoms with Crippen LogP contribution in [-0.2, 0) is 0 Å². The molecule has 0 N–H and O–H groups in total. The summed E-state index contributed by atoms with van der Waals surface area (Å²) in [7, 11) is 0. The highest BCUT2D eigenvalue weighted by atomic mass is 16.2. The Hall–Kier alpha value is -2.93. The fraction of sp³-hybridized carbons (Fsp3) is 0.167. The van der Waals surface area contributed by atoms with Crippen molar-refractivity contribution >= 4 is 12.1 Å². The normalized spacial score (nSPS) is 16.0. The van der Waals surface area contributed by atoms with Crippen LogP contribution in [0, 0.1) is 25.2 Å². The molecule has 0 bridgehead atoms. The molecular formula is C18H15N3O. The SMILES string of the molecule is Cc1ccc(C(=O)N2N=Cc3ccccc3C2C#N)cc1C. The Kier molecular flexibility index (Phi) is 3.48. The van der Waals surface area contributed by atoms with Gasteiger partial charge in [-0.3, -0.25) is 4.79 Å². The fourth-order valence-electron chi connectivity index (χ4n) is 2.50. The van der Waals surface area contributed by atoms with Crippen molar-refractivity contribution < 1.29 is 4.79 Å². The zero-order chi connectivity index (χ0) is 15.7. The number of amides is 1. The molecule has 1 unspecified atom stereocenters. The quantitative estimate of drug-likeness (QED) is 0.808. The van der Waals surface area contributed by atoms with E-state index < -0.39 is 6.04 Å². The second kappa shape index (κ2) is 5.45. The maximum absolute atomic E-state index is 12.7. The number of nitrogens with zero attached hydrogens (tertiary/aromatic N) is 3. The molecule has 2 aromatic rings. The van der Waals surface area contributed by atoms with Gasteiger partial charge in [0.25, 0.3) is 5.91 Å². The number of hydrogen-bond acceptors (Lipinski definition) is 3. The first-order valence-electron chi connectivity index (χ1n) is 7.05. The van der Waals surface area contributed by atoms with Gasteiger partial charge in [-0.2, -0.15) is 10.4 Å². The maximum Gasteiger partial charge on any atom is 0.275 e. The first-order valence-corrected chi connectivity index (χ1v) is 7.05. The van der Waals surface area contributed by atoms with E-state index in [-0.39, 0.29) is 5.91 Å². The summed E-state index contributed by atoms with van der Waals surface area (Å²) in [5.41, 5.74) is 4.39. The first-order chi connectivity index (χ1) is 10.6. The minimum absolute atomic E-state index is 0.264. The van der Waals surface area contributed by atoms with Gasteiger partial charge in [0.15, 0.2) is 6.04 Å².